The zero-order valence-electron chi connectivity index (χ0n) is 13.9. The highest BCUT2D eigenvalue weighted by Gasteiger charge is 2.32. The van der Waals surface area contributed by atoms with Crippen molar-refractivity contribution in [2.24, 2.45) is 0 Å². The molecule has 1 aromatic carbocycles. The second-order valence-corrected chi connectivity index (χ2v) is 6.23. The highest BCUT2D eigenvalue weighted by molar-refractivity contribution is 5.94. The molecule has 1 aliphatic rings. The van der Waals surface area contributed by atoms with Crippen molar-refractivity contribution in [2.45, 2.75) is 18.9 Å². The first kappa shape index (κ1) is 15.6. The van der Waals surface area contributed by atoms with Crippen LogP contribution in [-0.4, -0.2) is 33.8 Å². The van der Waals surface area contributed by atoms with Crippen LogP contribution in [0.4, 0.5) is 10.2 Å². The van der Waals surface area contributed by atoms with Crippen molar-refractivity contribution in [3.8, 4) is 0 Å². The highest BCUT2D eigenvalue weighted by atomic mass is 19.1. The Hall–Kier alpha value is -2.89. The van der Waals surface area contributed by atoms with E-state index in [9.17, 15) is 9.18 Å². The van der Waals surface area contributed by atoms with E-state index < -0.39 is 5.82 Å². The molecular weight excluding hydrogens is 319 g/mol. The molecule has 0 bridgehead atoms. The average molecular weight is 338 g/mol. The van der Waals surface area contributed by atoms with E-state index in [0.717, 1.165) is 29.9 Å². The predicted octanol–water partition coefficient (Wildman–Crippen LogP) is 3.49. The van der Waals surface area contributed by atoms with Crippen LogP contribution in [-0.2, 0) is 0 Å². The largest absolute Gasteiger partial charge is 0.371 e. The SMILES string of the molecule is CNc1nc([C@@H]2CCCN2C(=O)c2cccc(F)c2)cn2cccc12. The summed E-state index contributed by atoms with van der Waals surface area (Å²) in [6, 6.07) is 9.71. The van der Waals surface area contributed by atoms with E-state index in [1.807, 2.05) is 36.0 Å². The van der Waals surface area contributed by atoms with Crippen LogP contribution < -0.4 is 5.32 Å². The number of carbonyl (C=O) groups excluding carboxylic acids is 1. The van der Waals surface area contributed by atoms with E-state index in [2.05, 4.69) is 5.32 Å². The molecule has 6 heteroatoms. The Kier molecular flexibility index (Phi) is 3.87. The van der Waals surface area contributed by atoms with Crippen LogP contribution in [0, 0.1) is 5.82 Å². The van der Waals surface area contributed by atoms with Crippen molar-refractivity contribution < 1.29 is 9.18 Å². The number of rotatable bonds is 3. The number of carbonyl (C=O) groups is 1. The molecule has 4 rings (SSSR count). The minimum atomic E-state index is -0.397. The Morgan fingerprint density at radius 1 is 1.32 bits per heavy atom. The number of halogens is 1. The van der Waals surface area contributed by atoms with Crippen LogP contribution >= 0.6 is 0 Å². The highest BCUT2D eigenvalue weighted by Crippen LogP contribution is 2.33. The van der Waals surface area contributed by atoms with Crippen LogP contribution in [0.15, 0.2) is 48.8 Å². The first-order valence-corrected chi connectivity index (χ1v) is 8.39. The minimum Gasteiger partial charge on any atom is -0.371 e. The molecule has 1 aliphatic heterocycles. The van der Waals surface area contributed by atoms with E-state index in [1.54, 1.807) is 17.0 Å². The first-order chi connectivity index (χ1) is 12.2. The van der Waals surface area contributed by atoms with Crippen LogP contribution in [0.2, 0.25) is 0 Å². The fourth-order valence-corrected chi connectivity index (χ4v) is 3.51. The third-order valence-corrected chi connectivity index (χ3v) is 4.70. The van der Waals surface area contributed by atoms with E-state index in [-0.39, 0.29) is 11.9 Å². The first-order valence-electron chi connectivity index (χ1n) is 8.39. The number of hydrogen-bond donors (Lipinski definition) is 1. The molecule has 0 aliphatic carbocycles. The Labute approximate surface area is 145 Å². The van der Waals surface area contributed by atoms with E-state index in [4.69, 9.17) is 4.98 Å². The smallest absolute Gasteiger partial charge is 0.254 e. The zero-order valence-corrected chi connectivity index (χ0v) is 13.9. The van der Waals surface area contributed by atoms with E-state index in [0.29, 0.717) is 12.1 Å². The van der Waals surface area contributed by atoms with Crippen molar-refractivity contribution in [3.63, 3.8) is 0 Å². The molecule has 1 saturated heterocycles. The summed E-state index contributed by atoms with van der Waals surface area (Å²) in [5.74, 6) is 0.237. The van der Waals surface area contributed by atoms with Crippen molar-refractivity contribution in [3.05, 3.63) is 65.9 Å². The molecule has 5 nitrogen and oxygen atoms in total. The van der Waals surface area contributed by atoms with Gasteiger partial charge in [0.25, 0.3) is 5.91 Å². The maximum atomic E-state index is 13.5. The van der Waals surface area contributed by atoms with Gasteiger partial charge in [-0.05, 0) is 43.2 Å². The fraction of sp³-hybridized carbons (Fsp3) is 0.263. The molecule has 0 saturated carbocycles. The summed E-state index contributed by atoms with van der Waals surface area (Å²) in [6.07, 6.45) is 5.70. The quantitative estimate of drug-likeness (QED) is 0.795. The van der Waals surface area contributed by atoms with Gasteiger partial charge in [-0.25, -0.2) is 9.37 Å². The van der Waals surface area contributed by atoms with Gasteiger partial charge in [0.2, 0.25) is 0 Å². The standard InChI is InChI=1S/C19H19FN4O/c1-21-18-17-8-3-9-23(17)12-15(22-18)16-7-4-10-24(16)19(25)13-5-2-6-14(20)11-13/h2-3,5-6,8-9,11-12,16H,4,7,10H2,1H3,(H,21,22)/t16-/m0/s1. The molecule has 0 spiro atoms. The van der Waals surface area contributed by atoms with Gasteiger partial charge in [-0.3, -0.25) is 4.79 Å². The summed E-state index contributed by atoms with van der Waals surface area (Å²) in [5, 5.41) is 3.12. The van der Waals surface area contributed by atoms with Gasteiger partial charge in [-0.1, -0.05) is 6.07 Å². The number of nitrogens with zero attached hydrogens (tertiary/aromatic N) is 3. The number of hydrogen-bond acceptors (Lipinski definition) is 3. The third kappa shape index (κ3) is 2.73. The molecule has 0 radical (unpaired) electrons. The van der Waals surface area contributed by atoms with Crippen molar-refractivity contribution in [1.82, 2.24) is 14.3 Å². The maximum absolute atomic E-state index is 13.5. The number of nitrogens with one attached hydrogen (secondary N) is 1. The normalized spacial score (nSPS) is 17.2. The molecule has 25 heavy (non-hydrogen) atoms. The van der Waals surface area contributed by atoms with Crippen molar-refractivity contribution in [1.29, 1.82) is 0 Å². The average Bonchev–Trinajstić information content (AvgIpc) is 3.29. The Morgan fingerprint density at radius 2 is 2.20 bits per heavy atom. The third-order valence-electron chi connectivity index (χ3n) is 4.70. The van der Waals surface area contributed by atoms with Gasteiger partial charge in [0, 0.05) is 31.5 Å². The molecule has 0 unspecified atom stereocenters. The lowest BCUT2D eigenvalue weighted by atomic mass is 10.1. The van der Waals surface area contributed by atoms with Gasteiger partial charge in [-0.15, -0.1) is 0 Å². The topological polar surface area (TPSA) is 49.6 Å². The number of benzene rings is 1. The summed E-state index contributed by atoms with van der Waals surface area (Å²) >= 11 is 0. The molecule has 3 aromatic rings. The molecule has 128 valence electrons. The summed E-state index contributed by atoms with van der Waals surface area (Å²) in [7, 11) is 1.84. The van der Waals surface area contributed by atoms with Crippen LogP contribution in [0.1, 0.15) is 34.9 Å². The number of likely N-dealkylation sites (tertiary alicyclic amines) is 1. The second kappa shape index (κ2) is 6.20. The van der Waals surface area contributed by atoms with Crippen LogP contribution in [0.25, 0.3) is 5.52 Å². The maximum Gasteiger partial charge on any atom is 0.254 e. The number of amides is 1. The summed E-state index contributed by atoms with van der Waals surface area (Å²) < 4.78 is 15.5. The summed E-state index contributed by atoms with van der Waals surface area (Å²) in [4.78, 5) is 19.4. The minimum absolute atomic E-state index is 0.102. The van der Waals surface area contributed by atoms with E-state index >= 15 is 0 Å². The lowest BCUT2D eigenvalue weighted by molar-refractivity contribution is 0.0732. The lowest BCUT2D eigenvalue weighted by Crippen LogP contribution is -2.31. The Bertz CT molecular complexity index is 936. The number of aromatic nitrogens is 2. The molecule has 1 atom stereocenters. The monoisotopic (exact) mass is 338 g/mol. The van der Waals surface area contributed by atoms with Gasteiger partial charge < -0.3 is 14.6 Å². The zero-order chi connectivity index (χ0) is 17.4. The number of anilines is 1. The lowest BCUT2D eigenvalue weighted by Gasteiger charge is -2.25. The summed E-state index contributed by atoms with van der Waals surface area (Å²) in [6.45, 7) is 0.653. The molecule has 1 fully saturated rings. The molecule has 3 heterocycles. The molecule has 1 amide bonds. The molecule has 2 aromatic heterocycles. The Morgan fingerprint density at radius 3 is 3.00 bits per heavy atom. The van der Waals surface area contributed by atoms with Gasteiger partial charge in [0.05, 0.1) is 17.3 Å². The second-order valence-electron chi connectivity index (χ2n) is 6.23. The molecule has 1 N–H and O–H groups in total. The van der Waals surface area contributed by atoms with Crippen LogP contribution in [0.3, 0.4) is 0 Å². The van der Waals surface area contributed by atoms with Crippen LogP contribution in [0.5, 0.6) is 0 Å². The van der Waals surface area contributed by atoms with Crippen molar-refractivity contribution >= 4 is 17.2 Å². The summed E-state index contributed by atoms with van der Waals surface area (Å²) in [5.41, 5.74) is 2.21. The fourth-order valence-electron chi connectivity index (χ4n) is 3.51. The van der Waals surface area contributed by atoms with Gasteiger partial charge in [0.15, 0.2) is 0 Å². The van der Waals surface area contributed by atoms with Gasteiger partial charge in [-0.2, -0.15) is 0 Å². The number of fused-ring (bicyclic) bond motifs is 1. The van der Waals surface area contributed by atoms with Crippen molar-refractivity contribution in [2.75, 3.05) is 18.9 Å². The predicted molar refractivity (Wildman–Crippen MR) is 94.2 cm³/mol. The Balaban J connectivity index is 1.71. The van der Waals surface area contributed by atoms with E-state index in [1.165, 1.54) is 12.1 Å². The van der Waals surface area contributed by atoms with Gasteiger partial charge >= 0.3 is 0 Å². The van der Waals surface area contributed by atoms with Gasteiger partial charge in [0.1, 0.15) is 11.6 Å². The molecular formula is C19H19FN4O.